The van der Waals surface area contributed by atoms with Crippen LogP contribution in [0.25, 0.3) is 5.69 Å². The molecule has 0 unspecified atom stereocenters. The molecule has 3 rings (SSSR count). The predicted octanol–water partition coefficient (Wildman–Crippen LogP) is 3.53. The van der Waals surface area contributed by atoms with Crippen molar-refractivity contribution in [3.8, 4) is 11.8 Å². The minimum atomic E-state index is -0.197. The van der Waals surface area contributed by atoms with Crippen LogP contribution in [0.2, 0.25) is 5.02 Å². The lowest BCUT2D eigenvalue weighted by Crippen LogP contribution is -2.22. The number of para-hydroxylation sites is 1. The molecule has 0 amide bonds. The van der Waals surface area contributed by atoms with Gasteiger partial charge in [0.25, 0.3) is 0 Å². The molecular formula is C15H16ClN5S. The lowest BCUT2D eigenvalue weighted by atomic mass is 10.3. The largest absolute Gasteiger partial charge is 0.341 e. The van der Waals surface area contributed by atoms with Gasteiger partial charge in [-0.2, -0.15) is 5.26 Å². The molecule has 1 atom stereocenters. The molecule has 22 heavy (non-hydrogen) atoms. The summed E-state index contributed by atoms with van der Waals surface area (Å²) in [5.74, 6) is 0.804. The summed E-state index contributed by atoms with van der Waals surface area (Å²) in [4.78, 5) is 2.22. The highest BCUT2D eigenvalue weighted by Crippen LogP contribution is 2.33. The van der Waals surface area contributed by atoms with Crippen molar-refractivity contribution in [1.82, 2.24) is 14.8 Å². The van der Waals surface area contributed by atoms with E-state index in [1.807, 2.05) is 35.8 Å². The SMILES string of the molecule is C[C@H](C#N)Sc1nnc(N2CCCC2)n1-c1ccccc1Cl. The Balaban J connectivity index is 2.08. The molecule has 0 bridgehead atoms. The molecule has 1 aromatic carbocycles. The Kier molecular flexibility index (Phi) is 4.55. The van der Waals surface area contributed by atoms with Gasteiger partial charge >= 0.3 is 0 Å². The lowest BCUT2D eigenvalue weighted by Gasteiger charge is -2.19. The topological polar surface area (TPSA) is 57.7 Å². The molecular weight excluding hydrogens is 318 g/mol. The second-order valence-corrected chi connectivity index (χ2v) is 6.87. The first-order valence-electron chi connectivity index (χ1n) is 7.22. The van der Waals surface area contributed by atoms with Crippen LogP contribution >= 0.6 is 23.4 Å². The number of nitriles is 1. The van der Waals surface area contributed by atoms with Crippen molar-refractivity contribution in [3.05, 3.63) is 29.3 Å². The Morgan fingerprint density at radius 1 is 1.27 bits per heavy atom. The number of hydrogen-bond acceptors (Lipinski definition) is 5. The highest BCUT2D eigenvalue weighted by Gasteiger charge is 2.24. The second-order valence-electron chi connectivity index (χ2n) is 5.15. The molecule has 2 heterocycles. The zero-order valence-corrected chi connectivity index (χ0v) is 13.8. The number of nitrogens with zero attached hydrogens (tertiary/aromatic N) is 5. The maximum absolute atomic E-state index is 9.07. The van der Waals surface area contributed by atoms with E-state index < -0.39 is 0 Å². The average molecular weight is 334 g/mol. The number of hydrogen-bond donors (Lipinski definition) is 0. The summed E-state index contributed by atoms with van der Waals surface area (Å²) in [5.41, 5.74) is 0.851. The molecule has 5 nitrogen and oxygen atoms in total. The first-order valence-corrected chi connectivity index (χ1v) is 8.48. The van der Waals surface area contributed by atoms with Gasteiger partial charge in [-0.3, -0.25) is 4.57 Å². The smallest absolute Gasteiger partial charge is 0.232 e. The maximum atomic E-state index is 9.07. The molecule has 0 N–H and O–H groups in total. The van der Waals surface area contributed by atoms with Crippen LogP contribution in [0.4, 0.5) is 5.95 Å². The van der Waals surface area contributed by atoms with Gasteiger partial charge in [-0.15, -0.1) is 10.2 Å². The lowest BCUT2D eigenvalue weighted by molar-refractivity contribution is 0.840. The van der Waals surface area contributed by atoms with Crippen LogP contribution in [0.5, 0.6) is 0 Å². The van der Waals surface area contributed by atoms with Crippen molar-refractivity contribution >= 4 is 29.3 Å². The summed E-state index contributed by atoms with van der Waals surface area (Å²) in [7, 11) is 0. The van der Waals surface area contributed by atoms with Gasteiger partial charge in [0.15, 0.2) is 5.16 Å². The third-order valence-electron chi connectivity index (χ3n) is 3.56. The average Bonchev–Trinajstić information content (AvgIpc) is 3.17. The molecule has 1 aliphatic rings. The van der Waals surface area contributed by atoms with E-state index in [2.05, 4.69) is 21.2 Å². The monoisotopic (exact) mass is 333 g/mol. The first-order chi connectivity index (χ1) is 10.7. The molecule has 1 fully saturated rings. The van der Waals surface area contributed by atoms with Gasteiger partial charge in [0, 0.05) is 13.1 Å². The van der Waals surface area contributed by atoms with Crippen LogP contribution in [-0.2, 0) is 0 Å². The molecule has 0 radical (unpaired) electrons. The van der Waals surface area contributed by atoms with Gasteiger partial charge in [-0.05, 0) is 31.9 Å². The van der Waals surface area contributed by atoms with Gasteiger partial charge in [0.1, 0.15) is 0 Å². The van der Waals surface area contributed by atoms with E-state index in [-0.39, 0.29) is 5.25 Å². The van der Waals surface area contributed by atoms with Gasteiger partial charge in [0.05, 0.1) is 22.0 Å². The van der Waals surface area contributed by atoms with Crippen molar-refractivity contribution in [3.63, 3.8) is 0 Å². The van der Waals surface area contributed by atoms with E-state index in [1.54, 1.807) is 0 Å². The van der Waals surface area contributed by atoms with E-state index in [0.717, 1.165) is 37.6 Å². The minimum Gasteiger partial charge on any atom is -0.341 e. The minimum absolute atomic E-state index is 0.197. The molecule has 2 aromatic rings. The number of rotatable bonds is 4. The summed E-state index contributed by atoms with van der Waals surface area (Å²) in [5, 5.41) is 18.9. The Labute approximate surface area is 138 Å². The quantitative estimate of drug-likeness (QED) is 0.801. The van der Waals surface area contributed by atoms with E-state index in [9.17, 15) is 0 Å². The third kappa shape index (κ3) is 2.92. The number of anilines is 1. The fourth-order valence-electron chi connectivity index (χ4n) is 2.49. The fourth-order valence-corrected chi connectivity index (χ4v) is 3.45. The second kappa shape index (κ2) is 6.59. The van der Waals surface area contributed by atoms with Crippen LogP contribution in [0.15, 0.2) is 29.4 Å². The Hall–Kier alpha value is -1.71. The first kappa shape index (κ1) is 15.2. The van der Waals surface area contributed by atoms with Crippen LogP contribution in [-0.4, -0.2) is 33.1 Å². The Bertz CT molecular complexity index is 702. The summed E-state index contributed by atoms with van der Waals surface area (Å²) < 4.78 is 1.96. The summed E-state index contributed by atoms with van der Waals surface area (Å²) in [6, 6.07) is 9.87. The highest BCUT2D eigenvalue weighted by atomic mass is 35.5. The summed E-state index contributed by atoms with van der Waals surface area (Å²) >= 11 is 7.76. The standard InChI is InChI=1S/C15H16ClN5S/c1-11(10-17)22-15-19-18-14(20-8-4-5-9-20)21(15)13-7-3-2-6-12(13)16/h2-3,6-7,11H,4-5,8-9H2,1H3/t11-/m1/s1. The van der Waals surface area contributed by atoms with Crippen molar-refractivity contribution in [2.75, 3.05) is 18.0 Å². The van der Waals surface area contributed by atoms with Crippen LogP contribution in [0.3, 0.4) is 0 Å². The zero-order chi connectivity index (χ0) is 15.5. The molecule has 0 spiro atoms. The molecule has 0 aliphatic carbocycles. The normalized spacial score (nSPS) is 15.8. The molecule has 7 heteroatoms. The third-order valence-corrected chi connectivity index (χ3v) is 4.82. The molecule has 1 aromatic heterocycles. The number of benzene rings is 1. The van der Waals surface area contributed by atoms with Gasteiger partial charge in [-0.25, -0.2) is 0 Å². The van der Waals surface area contributed by atoms with E-state index in [4.69, 9.17) is 16.9 Å². The van der Waals surface area contributed by atoms with E-state index in [1.165, 1.54) is 11.8 Å². The number of thioether (sulfide) groups is 1. The fraction of sp³-hybridized carbons (Fsp3) is 0.400. The highest BCUT2D eigenvalue weighted by molar-refractivity contribution is 8.00. The van der Waals surface area contributed by atoms with Crippen molar-refractivity contribution in [2.24, 2.45) is 0 Å². The Morgan fingerprint density at radius 2 is 2.00 bits per heavy atom. The van der Waals surface area contributed by atoms with Crippen LogP contribution in [0, 0.1) is 11.3 Å². The molecule has 0 saturated carbocycles. The van der Waals surface area contributed by atoms with E-state index >= 15 is 0 Å². The molecule has 1 aliphatic heterocycles. The summed E-state index contributed by atoms with van der Waals surface area (Å²) in [6.07, 6.45) is 2.32. The summed E-state index contributed by atoms with van der Waals surface area (Å²) in [6.45, 7) is 3.80. The van der Waals surface area contributed by atoms with Gasteiger partial charge in [-0.1, -0.05) is 35.5 Å². The van der Waals surface area contributed by atoms with Crippen molar-refractivity contribution in [1.29, 1.82) is 5.26 Å². The zero-order valence-electron chi connectivity index (χ0n) is 12.2. The van der Waals surface area contributed by atoms with E-state index in [0.29, 0.717) is 10.2 Å². The van der Waals surface area contributed by atoms with Crippen molar-refractivity contribution in [2.45, 2.75) is 30.2 Å². The van der Waals surface area contributed by atoms with Gasteiger partial charge in [0.2, 0.25) is 5.95 Å². The van der Waals surface area contributed by atoms with Crippen LogP contribution < -0.4 is 4.90 Å². The number of aromatic nitrogens is 3. The Morgan fingerprint density at radius 3 is 2.68 bits per heavy atom. The molecule has 1 saturated heterocycles. The van der Waals surface area contributed by atoms with Crippen LogP contribution in [0.1, 0.15) is 19.8 Å². The molecule has 114 valence electrons. The maximum Gasteiger partial charge on any atom is 0.232 e. The van der Waals surface area contributed by atoms with Crippen molar-refractivity contribution < 1.29 is 0 Å². The number of halogens is 1. The predicted molar refractivity (Wildman–Crippen MR) is 88.7 cm³/mol. The van der Waals surface area contributed by atoms with Gasteiger partial charge < -0.3 is 4.90 Å².